The molecule has 1 heteroatoms. The van der Waals surface area contributed by atoms with Gasteiger partial charge in [-0.1, -0.05) is 212 Å². The molecule has 0 bridgehead atoms. The number of aromatic nitrogens is 1. The summed E-state index contributed by atoms with van der Waals surface area (Å²) in [6.07, 6.45) is 0. The number of nitrogens with zero attached hydrogens (tertiary/aromatic N) is 1. The zero-order valence-corrected chi connectivity index (χ0v) is 37.1. The maximum Gasteiger partial charge on any atom is 0.0725 e. The Morgan fingerprint density at radius 2 is 0.750 bits per heavy atom. The van der Waals surface area contributed by atoms with Gasteiger partial charge in [0.25, 0.3) is 0 Å². The molecule has 2 aliphatic rings. The fourth-order valence-corrected chi connectivity index (χ4v) is 12.6. The molecule has 1 aromatic heterocycles. The summed E-state index contributed by atoms with van der Waals surface area (Å²) >= 11 is 0. The molecule has 0 atom stereocenters. The lowest BCUT2D eigenvalue weighted by Crippen LogP contribution is -2.25. The molecule has 314 valence electrons. The van der Waals surface area contributed by atoms with E-state index in [1.54, 1.807) is 0 Å². The van der Waals surface area contributed by atoms with Gasteiger partial charge in [0.1, 0.15) is 0 Å². The van der Waals surface area contributed by atoms with E-state index in [0.717, 1.165) is 5.69 Å². The van der Waals surface area contributed by atoms with Gasteiger partial charge < -0.3 is 4.57 Å². The summed E-state index contributed by atoms with van der Waals surface area (Å²) in [6.45, 7) is 0. The minimum atomic E-state index is -0.510. The topological polar surface area (TPSA) is 4.93 Å². The lowest BCUT2D eigenvalue weighted by atomic mass is 9.70. The standard InChI is InChI=1S/C67H41N/c1-2-19-46(20-3-1)68-64-34-13-10-27-56(64)57-30-15-29-48(66(57)68)45-36-38-58-63(41-45)67(60-31-11-8-25-54(60)55-26-9-12-32-61(55)67)62-33-16-28-47(65(58)62)44-18-14-17-42(39-44)43-35-37-53-51-23-5-4-21-49(51)50-22-6-7-24-52(50)59(53)40-43/h1-41H. The number of rotatable bonds is 4. The van der Waals surface area contributed by atoms with Gasteiger partial charge in [-0.2, -0.15) is 0 Å². The van der Waals surface area contributed by atoms with E-state index in [4.69, 9.17) is 0 Å². The Morgan fingerprint density at radius 1 is 0.250 bits per heavy atom. The fraction of sp³-hybridized carbons (Fsp3) is 0.0149. The van der Waals surface area contributed by atoms with Crippen LogP contribution in [0.2, 0.25) is 0 Å². The molecule has 0 saturated carbocycles. The molecule has 68 heavy (non-hydrogen) atoms. The van der Waals surface area contributed by atoms with E-state index in [2.05, 4.69) is 253 Å². The Bertz CT molecular complexity index is 4180. The van der Waals surface area contributed by atoms with Gasteiger partial charge in [-0.25, -0.2) is 0 Å². The molecule has 0 fully saturated rings. The van der Waals surface area contributed by atoms with E-state index in [1.807, 2.05) is 0 Å². The second-order valence-corrected chi connectivity index (χ2v) is 18.7. The van der Waals surface area contributed by atoms with Gasteiger partial charge in [-0.05, 0) is 141 Å². The van der Waals surface area contributed by atoms with Crippen LogP contribution in [0.15, 0.2) is 249 Å². The molecule has 15 rings (SSSR count). The SMILES string of the molecule is c1ccc(-n2c3ccccc3c3cccc(-c4ccc5c(c4)C4(c6ccccc6-c6ccccc64)c4cccc(-c6cccc(-c7ccc8c9ccccc9c9ccccc9c8c7)c6)c4-5)c32)cc1. The number of benzene rings is 12. The number of hydrogen-bond acceptors (Lipinski definition) is 0. The number of fused-ring (bicyclic) bond motifs is 19. The van der Waals surface area contributed by atoms with Crippen molar-refractivity contribution in [1.82, 2.24) is 4.57 Å². The Morgan fingerprint density at radius 3 is 1.50 bits per heavy atom. The Kier molecular flexibility index (Phi) is 7.77. The maximum atomic E-state index is 2.54. The first-order chi connectivity index (χ1) is 33.8. The highest BCUT2D eigenvalue weighted by Crippen LogP contribution is 2.64. The van der Waals surface area contributed by atoms with Gasteiger partial charge in [0, 0.05) is 22.0 Å². The van der Waals surface area contributed by atoms with E-state index >= 15 is 0 Å². The first-order valence-corrected chi connectivity index (χ1v) is 23.8. The highest BCUT2D eigenvalue weighted by molar-refractivity contribution is 6.26. The average molecular weight is 860 g/mol. The van der Waals surface area contributed by atoms with Crippen LogP contribution in [0.3, 0.4) is 0 Å². The van der Waals surface area contributed by atoms with E-state index < -0.39 is 5.41 Å². The van der Waals surface area contributed by atoms with Crippen molar-refractivity contribution >= 4 is 54.1 Å². The summed E-state index contributed by atoms with van der Waals surface area (Å²) in [5, 5.41) is 10.3. The molecule has 1 heterocycles. The molecule has 1 nitrogen and oxygen atoms in total. The molecule has 13 aromatic rings. The Balaban J connectivity index is 0.970. The molecule has 0 radical (unpaired) electrons. The molecule has 0 saturated heterocycles. The van der Waals surface area contributed by atoms with Crippen LogP contribution in [-0.4, -0.2) is 4.57 Å². The number of hydrogen-bond donors (Lipinski definition) is 0. The summed E-state index contributed by atoms with van der Waals surface area (Å²) in [5.74, 6) is 0. The highest BCUT2D eigenvalue weighted by Gasteiger charge is 2.52. The first kappa shape index (κ1) is 37.4. The second-order valence-electron chi connectivity index (χ2n) is 18.7. The first-order valence-electron chi connectivity index (χ1n) is 23.8. The zero-order chi connectivity index (χ0) is 44.5. The van der Waals surface area contributed by atoms with Crippen LogP contribution in [-0.2, 0) is 5.41 Å². The van der Waals surface area contributed by atoms with Gasteiger partial charge in [-0.15, -0.1) is 0 Å². The third kappa shape index (κ3) is 5.00. The lowest BCUT2D eigenvalue weighted by molar-refractivity contribution is 0.794. The average Bonchev–Trinajstić information content (AvgIpc) is 4.03. The zero-order valence-electron chi connectivity index (χ0n) is 37.1. The number of para-hydroxylation sites is 3. The van der Waals surface area contributed by atoms with Crippen molar-refractivity contribution in [2.75, 3.05) is 0 Å². The molecule has 0 amide bonds. The van der Waals surface area contributed by atoms with Crippen molar-refractivity contribution in [2.24, 2.45) is 0 Å². The van der Waals surface area contributed by atoms with Crippen molar-refractivity contribution < 1.29 is 0 Å². The van der Waals surface area contributed by atoms with Gasteiger partial charge in [0.2, 0.25) is 0 Å². The van der Waals surface area contributed by atoms with Gasteiger partial charge >= 0.3 is 0 Å². The predicted molar refractivity (Wildman–Crippen MR) is 286 cm³/mol. The van der Waals surface area contributed by atoms with Crippen LogP contribution in [0.4, 0.5) is 0 Å². The van der Waals surface area contributed by atoms with Gasteiger partial charge in [0.05, 0.1) is 16.4 Å². The normalized spacial score (nSPS) is 13.1. The summed E-state index contributed by atoms with van der Waals surface area (Å²) in [7, 11) is 0. The molecule has 0 unspecified atom stereocenters. The van der Waals surface area contributed by atoms with Crippen LogP contribution >= 0.6 is 0 Å². The van der Waals surface area contributed by atoms with Crippen molar-refractivity contribution in [3.05, 3.63) is 271 Å². The summed E-state index contributed by atoms with van der Waals surface area (Å²) in [5.41, 5.74) is 21.0. The van der Waals surface area contributed by atoms with Gasteiger partial charge in [0.15, 0.2) is 0 Å². The summed E-state index contributed by atoms with van der Waals surface area (Å²) in [4.78, 5) is 0. The van der Waals surface area contributed by atoms with Crippen LogP contribution in [0.5, 0.6) is 0 Å². The van der Waals surface area contributed by atoms with Crippen molar-refractivity contribution in [3.8, 4) is 61.3 Å². The molecule has 1 spiro atoms. The predicted octanol–water partition coefficient (Wildman–Crippen LogP) is 17.6. The smallest absolute Gasteiger partial charge is 0.0725 e. The highest BCUT2D eigenvalue weighted by atomic mass is 15.0. The van der Waals surface area contributed by atoms with Crippen LogP contribution in [0, 0.1) is 0 Å². The fourth-order valence-electron chi connectivity index (χ4n) is 12.6. The van der Waals surface area contributed by atoms with Crippen molar-refractivity contribution in [2.45, 2.75) is 5.41 Å². The van der Waals surface area contributed by atoms with Crippen molar-refractivity contribution in [3.63, 3.8) is 0 Å². The van der Waals surface area contributed by atoms with Crippen molar-refractivity contribution in [1.29, 1.82) is 0 Å². The molecule has 2 aliphatic carbocycles. The molecular weight excluding hydrogens is 819 g/mol. The third-order valence-corrected chi connectivity index (χ3v) is 15.4. The van der Waals surface area contributed by atoms with E-state index in [1.165, 1.54) is 132 Å². The largest absolute Gasteiger partial charge is 0.309 e. The summed E-state index contributed by atoms with van der Waals surface area (Å²) in [6, 6.07) is 93.2. The van der Waals surface area contributed by atoms with E-state index in [-0.39, 0.29) is 0 Å². The Labute approximate surface area is 394 Å². The minimum absolute atomic E-state index is 0.510. The molecule has 0 aliphatic heterocycles. The Hall–Kier alpha value is -8.78. The van der Waals surface area contributed by atoms with E-state index in [9.17, 15) is 0 Å². The third-order valence-electron chi connectivity index (χ3n) is 15.4. The van der Waals surface area contributed by atoms with E-state index in [0.29, 0.717) is 0 Å². The molecular formula is C67H41N. The molecule has 0 N–H and O–H groups in total. The molecule has 12 aromatic carbocycles. The maximum absolute atomic E-state index is 2.54. The second kappa shape index (κ2) is 14.1. The van der Waals surface area contributed by atoms with Crippen LogP contribution in [0.25, 0.3) is 115 Å². The monoisotopic (exact) mass is 859 g/mol. The van der Waals surface area contributed by atoms with Gasteiger partial charge in [-0.3, -0.25) is 0 Å². The minimum Gasteiger partial charge on any atom is -0.309 e. The summed E-state index contributed by atoms with van der Waals surface area (Å²) < 4.78 is 2.46. The van der Waals surface area contributed by atoms with Crippen LogP contribution < -0.4 is 0 Å². The lowest BCUT2D eigenvalue weighted by Gasteiger charge is -2.31. The van der Waals surface area contributed by atoms with Crippen LogP contribution in [0.1, 0.15) is 22.3 Å². The quantitative estimate of drug-likeness (QED) is 0.155.